The molecule has 162 valence electrons. The number of aryl methyl sites for hydroxylation is 2. The van der Waals surface area contributed by atoms with Crippen molar-refractivity contribution in [1.29, 1.82) is 0 Å². The lowest BCUT2D eigenvalue weighted by Crippen LogP contribution is -2.76. The van der Waals surface area contributed by atoms with E-state index >= 15 is 0 Å². The molecule has 0 aromatic heterocycles. The molecule has 4 aliphatic rings. The van der Waals surface area contributed by atoms with Crippen molar-refractivity contribution in [3.8, 4) is 0 Å². The second-order valence-corrected chi connectivity index (χ2v) is 8.05. The number of ether oxygens (including phenoxy) is 5. The van der Waals surface area contributed by atoms with Gasteiger partial charge in [0, 0.05) is 0 Å². The van der Waals surface area contributed by atoms with E-state index in [-0.39, 0.29) is 0 Å². The monoisotopic (exact) mass is 426 g/mol. The third-order valence-electron chi connectivity index (χ3n) is 5.83. The summed E-state index contributed by atoms with van der Waals surface area (Å²) < 4.78 is 28.1. The lowest BCUT2D eigenvalue weighted by molar-refractivity contribution is -0.479. The Morgan fingerprint density at radius 3 is 1.52 bits per heavy atom. The SMILES string of the molecule is Cc1ccc(C(=O)O[C@H]2C3OC4O[C@@H]2C(O)[C@H](O4)[C@H]3OC(=O)c2ccc(C)cc2)cc1. The lowest BCUT2D eigenvalue weighted by atomic mass is 9.82. The van der Waals surface area contributed by atoms with Crippen LogP contribution >= 0.6 is 0 Å². The van der Waals surface area contributed by atoms with Crippen LogP contribution in [-0.2, 0) is 23.7 Å². The topological polar surface area (TPSA) is 101 Å². The highest BCUT2D eigenvalue weighted by molar-refractivity contribution is 5.90. The van der Waals surface area contributed by atoms with Gasteiger partial charge in [-0.25, -0.2) is 9.59 Å². The van der Waals surface area contributed by atoms with E-state index in [2.05, 4.69) is 0 Å². The Kier molecular flexibility index (Phi) is 5.02. The maximum absolute atomic E-state index is 12.7. The van der Waals surface area contributed by atoms with Gasteiger partial charge in [0.15, 0.2) is 12.2 Å². The third-order valence-corrected chi connectivity index (χ3v) is 5.83. The van der Waals surface area contributed by atoms with Crippen LogP contribution in [0.15, 0.2) is 48.5 Å². The molecule has 31 heavy (non-hydrogen) atoms. The smallest absolute Gasteiger partial charge is 0.338 e. The molecular formula is C23H22O8. The van der Waals surface area contributed by atoms with Gasteiger partial charge >= 0.3 is 11.9 Å². The third kappa shape index (κ3) is 3.61. The average Bonchev–Trinajstić information content (AvgIpc) is 2.76. The summed E-state index contributed by atoms with van der Waals surface area (Å²) in [5.74, 6) is -1.16. The molecule has 1 N–H and O–H groups in total. The first kappa shape index (κ1) is 20.1. The van der Waals surface area contributed by atoms with E-state index in [4.69, 9.17) is 23.7 Å². The fourth-order valence-electron chi connectivity index (χ4n) is 4.12. The summed E-state index contributed by atoms with van der Waals surface area (Å²) in [6.45, 7) is 2.82. The van der Waals surface area contributed by atoms with Crippen LogP contribution in [0.1, 0.15) is 31.8 Å². The van der Waals surface area contributed by atoms with Crippen LogP contribution in [0.3, 0.4) is 0 Å². The molecule has 3 saturated heterocycles. The summed E-state index contributed by atoms with van der Waals surface area (Å²) in [5, 5.41) is 10.7. The lowest BCUT2D eigenvalue weighted by Gasteiger charge is -2.56. The predicted octanol–water partition coefficient (Wildman–Crippen LogP) is 1.90. The molecule has 2 aromatic rings. The highest BCUT2D eigenvalue weighted by atomic mass is 16.9. The van der Waals surface area contributed by atoms with Gasteiger partial charge in [-0.3, -0.25) is 0 Å². The van der Waals surface area contributed by atoms with Gasteiger partial charge in [0.1, 0.15) is 24.4 Å². The number of aliphatic hydroxyl groups excluding tert-OH is 1. The van der Waals surface area contributed by atoms with Gasteiger partial charge in [0.2, 0.25) is 0 Å². The molecule has 1 saturated carbocycles. The van der Waals surface area contributed by atoms with E-state index in [0.29, 0.717) is 11.1 Å². The Bertz CT molecular complexity index is 908. The first-order valence-electron chi connectivity index (χ1n) is 10.1. The fourth-order valence-corrected chi connectivity index (χ4v) is 4.12. The van der Waals surface area contributed by atoms with Crippen molar-refractivity contribution >= 4 is 11.9 Å². The van der Waals surface area contributed by atoms with Crippen molar-refractivity contribution in [3.63, 3.8) is 0 Å². The van der Waals surface area contributed by atoms with Gasteiger partial charge in [0.25, 0.3) is 6.48 Å². The van der Waals surface area contributed by atoms with Crippen molar-refractivity contribution in [2.24, 2.45) is 0 Å². The van der Waals surface area contributed by atoms with Crippen LogP contribution in [0.5, 0.6) is 0 Å². The zero-order valence-electron chi connectivity index (χ0n) is 17.0. The number of aliphatic hydroxyl groups is 1. The summed E-state index contributed by atoms with van der Waals surface area (Å²) in [6.07, 6.45) is -5.58. The van der Waals surface area contributed by atoms with Gasteiger partial charge in [0.05, 0.1) is 11.1 Å². The molecule has 2 aromatic carbocycles. The molecule has 4 fully saturated rings. The molecule has 8 heteroatoms. The minimum absolute atomic E-state index is 0.360. The summed E-state index contributed by atoms with van der Waals surface area (Å²) in [6, 6.07) is 13.8. The Morgan fingerprint density at radius 1 is 0.710 bits per heavy atom. The highest BCUT2D eigenvalue weighted by Gasteiger charge is 2.64. The molecule has 0 radical (unpaired) electrons. The maximum Gasteiger partial charge on any atom is 0.338 e. The zero-order valence-corrected chi connectivity index (χ0v) is 17.0. The van der Waals surface area contributed by atoms with Gasteiger partial charge in [-0.2, -0.15) is 0 Å². The largest absolute Gasteiger partial charge is 0.453 e. The first-order chi connectivity index (χ1) is 14.9. The Labute approximate surface area is 178 Å². The normalized spacial score (nSPS) is 33.2. The molecule has 3 heterocycles. The van der Waals surface area contributed by atoms with E-state index in [0.717, 1.165) is 11.1 Å². The Morgan fingerprint density at radius 2 is 1.10 bits per heavy atom. The second kappa shape index (κ2) is 7.72. The number of hydrogen-bond donors (Lipinski definition) is 1. The van der Waals surface area contributed by atoms with Crippen LogP contribution in [-0.4, -0.2) is 60.1 Å². The zero-order chi connectivity index (χ0) is 21.7. The van der Waals surface area contributed by atoms with Crippen LogP contribution in [0.25, 0.3) is 0 Å². The van der Waals surface area contributed by atoms with Gasteiger partial charge in [-0.15, -0.1) is 0 Å². The molecule has 4 bridgehead atoms. The van der Waals surface area contributed by atoms with Gasteiger partial charge in [-0.05, 0) is 38.1 Å². The van der Waals surface area contributed by atoms with E-state index in [1.165, 1.54) is 0 Å². The maximum atomic E-state index is 12.7. The number of esters is 2. The van der Waals surface area contributed by atoms with Crippen LogP contribution in [0, 0.1) is 13.8 Å². The Hall–Kier alpha value is -2.78. The van der Waals surface area contributed by atoms with Crippen LogP contribution < -0.4 is 0 Å². The molecule has 3 unspecified atom stereocenters. The van der Waals surface area contributed by atoms with Crippen molar-refractivity contribution in [3.05, 3.63) is 70.8 Å². The van der Waals surface area contributed by atoms with Gasteiger partial charge < -0.3 is 28.8 Å². The van der Waals surface area contributed by atoms with E-state index in [1.54, 1.807) is 48.5 Å². The summed E-state index contributed by atoms with van der Waals surface area (Å²) >= 11 is 0. The summed E-state index contributed by atoms with van der Waals surface area (Å²) in [5.41, 5.74) is 2.73. The highest BCUT2D eigenvalue weighted by Crippen LogP contribution is 2.42. The number of rotatable bonds is 4. The number of benzene rings is 2. The van der Waals surface area contributed by atoms with Gasteiger partial charge in [-0.1, -0.05) is 35.4 Å². The Balaban J connectivity index is 1.37. The minimum Gasteiger partial charge on any atom is -0.453 e. The molecule has 1 aliphatic carbocycles. The van der Waals surface area contributed by atoms with Crippen molar-refractivity contribution in [2.45, 2.75) is 56.9 Å². The van der Waals surface area contributed by atoms with Crippen molar-refractivity contribution in [2.75, 3.05) is 0 Å². The molecule has 3 aliphatic heterocycles. The molecule has 0 amide bonds. The predicted molar refractivity (Wildman–Crippen MR) is 105 cm³/mol. The van der Waals surface area contributed by atoms with E-state index in [1.807, 2.05) is 13.8 Å². The van der Waals surface area contributed by atoms with E-state index < -0.39 is 55.0 Å². The van der Waals surface area contributed by atoms with Crippen LogP contribution in [0.4, 0.5) is 0 Å². The fraction of sp³-hybridized carbons (Fsp3) is 0.391. The standard InChI is InChI=1S/C23H22O8/c1-11-3-7-13(8-4-11)21(25)27-18-16-15(24)17-19(20(18)31-23(29-16)30-17)28-22(26)14-9-5-12(2)6-10-14/h3-10,15-20,23-24H,1-2H3/t15?,16-,17+,18-,19-,20?,23?/m1/s1. The number of carbonyl (C=O) groups excluding carboxylic acids is 2. The second-order valence-electron chi connectivity index (χ2n) is 8.05. The quantitative estimate of drug-likeness (QED) is 0.740. The summed E-state index contributed by atoms with van der Waals surface area (Å²) in [7, 11) is 0. The minimum atomic E-state index is -1.15. The molecule has 7 atom stereocenters. The van der Waals surface area contributed by atoms with Crippen molar-refractivity contribution < 1.29 is 38.4 Å². The molecule has 8 nitrogen and oxygen atoms in total. The summed E-state index contributed by atoms with van der Waals surface area (Å²) in [4.78, 5) is 25.4. The molecule has 6 rings (SSSR count). The molecular weight excluding hydrogens is 404 g/mol. The number of carbonyl (C=O) groups is 2. The molecule has 0 spiro atoms. The van der Waals surface area contributed by atoms with Crippen molar-refractivity contribution in [1.82, 2.24) is 0 Å². The number of hydrogen-bond acceptors (Lipinski definition) is 8. The van der Waals surface area contributed by atoms with E-state index in [9.17, 15) is 14.7 Å². The first-order valence-corrected chi connectivity index (χ1v) is 10.1. The van der Waals surface area contributed by atoms with Crippen LogP contribution in [0.2, 0.25) is 0 Å². The average molecular weight is 426 g/mol.